The first-order valence-electron chi connectivity index (χ1n) is 8.06. The second kappa shape index (κ2) is 4.96. The number of imide groups is 1. The molecule has 4 rings (SSSR count). The fraction of sp³-hybridized carbons (Fsp3) is 0.692. The van der Waals surface area contributed by atoms with E-state index in [4.69, 9.17) is 11.5 Å². The lowest BCUT2D eigenvalue weighted by Gasteiger charge is -2.46. The smallest absolute Gasteiger partial charge is 0.343 e. The third-order valence-corrected chi connectivity index (χ3v) is 5.45. The summed E-state index contributed by atoms with van der Waals surface area (Å²) in [4.78, 5) is 35.0. The summed E-state index contributed by atoms with van der Waals surface area (Å²) in [5.74, 6) is -3.03. The van der Waals surface area contributed by atoms with Crippen LogP contribution in [0.2, 0.25) is 0 Å². The van der Waals surface area contributed by atoms with Gasteiger partial charge in [-0.3, -0.25) is 25.3 Å². The molecule has 13 heteroatoms. The lowest BCUT2D eigenvalue weighted by Crippen LogP contribution is -2.90. The molecule has 0 aromatic carbocycles. The van der Waals surface area contributed by atoms with Crippen molar-refractivity contribution < 1.29 is 29.9 Å². The zero-order chi connectivity index (χ0) is 19.0. The molecule has 4 aliphatic rings. The minimum Gasteiger partial charge on any atom is -0.385 e. The van der Waals surface area contributed by atoms with Crippen LogP contribution in [0.4, 0.5) is 4.79 Å². The summed E-state index contributed by atoms with van der Waals surface area (Å²) >= 11 is 0. The van der Waals surface area contributed by atoms with Crippen LogP contribution in [-0.4, -0.2) is 110 Å². The van der Waals surface area contributed by atoms with Crippen molar-refractivity contribution >= 4 is 23.9 Å². The van der Waals surface area contributed by atoms with Crippen molar-refractivity contribution in [2.45, 2.75) is 29.6 Å². The number of guanidine groups is 2. The van der Waals surface area contributed by atoms with Crippen LogP contribution in [0.5, 0.6) is 0 Å². The van der Waals surface area contributed by atoms with E-state index < -0.39 is 41.6 Å². The Morgan fingerprint density at radius 3 is 2.69 bits per heavy atom. The van der Waals surface area contributed by atoms with Crippen LogP contribution in [0.3, 0.4) is 0 Å². The summed E-state index contributed by atoms with van der Waals surface area (Å²) in [6, 6.07) is -2.16. The lowest BCUT2D eigenvalue weighted by atomic mass is 9.85. The van der Waals surface area contributed by atoms with Gasteiger partial charge in [0.25, 0.3) is 11.4 Å². The Bertz CT molecular complexity index is 753. The van der Waals surface area contributed by atoms with Crippen molar-refractivity contribution in [1.29, 1.82) is 0 Å². The Kier molecular flexibility index (Phi) is 3.21. The minimum atomic E-state index is -2.61. The van der Waals surface area contributed by atoms with Crippen LogP contribution in [0.1, 0.15) is 0 Å². The van der Waals surface area contributed by atoms with Crippen molar-refractivity contribution in [2.24, 2.45) is 16.5 Å². The molecule has 9 N–H and O–H groups in total. The van der Waals surface area contributed by atoms with Gasteiger partial charge in [0.15, 0.2) is 12.0 Å². The van der Waals surface area contributed by atoms with Crippen LogP contribution in [0.15, 0.2) is 4.99 Å². The SMILES string of the molecule is CN1CC(=O)N(C[C@@H]2N=C(N)N3C[C@H](O)C(O)(O)[C@@]34NC(N)=[NH+][C@@H]24)C1=O. The molecule has 2 saturated heterocycles. The van der Waals surface area contributed by atoms with Gasteiger partial charge in [-0.15, -0.1) is 0 Å². The van der Waals surface area contributed by atoms with Gasteiger partial charge in [-0.1, -0.05) is 0 Å². The number of aliphatic hydroxyl groups is 3. The monoisotopic (exact) mass is 369 g/mol. The fourth-order valence-electron chi connectivity index (χ4n) is 4.19. The molecule has 0 aromatic rings. The molecule has 26 heavy (non-hydrogen) atoms. The van der Waals surface area contributed by atoms with Crippen LogP contribution < -0.4 is 21.8 Å². The summed E-state index contributed by atoms with van der Waals surface area (Å²) < 4.78 is 0. The molecule has 2 fully saturated rings. The molecular formula is C13H21N8O5+. The number of nitrogens with one attached hydrogen (secondary N) is 2. The van der Waals surface area contributed by atoms with Gasteiger partial charge < -0.3 is 26.0 Å². The van der Waals surface area contributed by atoms with Crippen molar-refractivity contribution in [2.75, 3.05) is 26.7 Å². The maximum atomic E-state index is 12.2. The van der Waals surface area contributed by atoms with Crippen LogP contribution in [0.25, 0.3) is 0 Å². The molecule has 4 atom stereocenters. The molecular weight excluding hydrogens is 348 g/mol. The van der Waals surface area contributed by atoms with Gasteiger partial charge in [-0.05, 0) is 0 Å². The summed E-state index contributed by atoms with van der Waals surface area (Å²) in [6.07, 6.45) is -1.54. The molecule has 0 aromatic heterocycles. The van der Waals surface area contributed by atoms with Crippen molar-refractivity contribution in [3.05, 3.63) is 0 Å². The van der Waals surface area contributed by atoms with E-state index in [0.717, 1.165) is 4.90 Å². The fourth-order valence-corrected chi connectivity index (χ4v) is 4.19. The first-order valence-corrected chi connectivity index (χ1v) is 8.06. The first-order chi connectivity index (χ1) is 12.1. The van der Waals surface area contributed by atoms with E-state index in [0.29, 0.717) is 0 Å². The highest BCUT2D eigenvalue weighted by Gasteiger charge is 2.76. The van der Waals surface area contributed by atoms with E-state index in [9.17, 15) is 24.9 Å². The Hall–Kier alpha value is -2.64. The Morgan fingerprint density at radius 2 is 2.08 bits per heavy atom. The van der Waals surface area contributed by atoms with Gasteiger partial charge in [0.2, 0.25) is 5.91 Å². The molecule has 0 saturated carbocycles. The number of carbonyl (C=O) groups excluding carboxylic acids is 2. The second-order valence-electron chi connectivity index (χ2n) is 6.98. The number of rotatable bonds is 2. The standard InChI is InChI=1S/C13H20N8O5/c1-19-4-7(23)20(11(19)24)2-5-8-12(18-9(14)17-8)13(25,26)6(22)3-21(12)10(15)16-5/h5-6,8,22,25-26H,2-4H2,1H3,(H2,15,16)(H3,14,17,18)/p+1/t5-,6-,8-,12-/m0/s1. The van der Waals surface area contributed by atoms with Gasteiger partial charge in [-0.25, -0.2) is 15.1 Å². The number of hydrogen-bond acceptors (Lipinski definition) is 10. The van der Waals surface area contributed by atoms with E-state index in [1.54, 1.807) is 0 Å². The molecule has 13 nitrogen and oxygen atoms in total. The van der Waals surface area contributed by atoms with E-state index in [-0.39, 0.29) is 31.6 Å². The molecule has 0 aliphatic carbocycles. The quantitative estimate of drug-likeness (QED) is 0.183. The highest BCUT2D eigenvalue weighted by atomic mass is 16.5. The number of carbonyl (C=O) groups is 2. The van der Waals surface area contributed by atoms with E-state index in [2.05, 4.69) is 15.3 Å². The molecule has 0 unspecified atom stereocenters. The molecule has 3 amide bonds. The zero-order valence-electron chi connectivity index (χ0n) is 14.0. The van der Waals surface area contributed by atoms with Crippen molar-refractivity contribution in [1.82, 2.24) is 20.0 Å². The van der Waals surface area contributed by atoms with Crippen molar-refractivity contribution in [3.8, 4) is 0 Å². The summed E-state index contributed by atoms with van der Waals surface area (Å²) in [6.45, 7) is -0.357. The average molecular weight is 369 g/mol. The van der Waals surface area contributed by atoms with E-state index >= 15 is 0 Å². The summed E-state index contributed by atoms with van der Waals surface area (Å²) in [5, 5.41) is 34.1. The first kappa shape index (κ1) is 16.8. The predicted octanol–water partition coefficient (Wildman–Crippen LogP) is -7.00. The summed E-state index contributed by atoms with van der Waals surface area (Å²) in [7, 11) is 1.50. The third kappa shape index (κ3) is 1.84. The maximum Gasteiger partial charge on any atom is 0.343 e. The molecule has 4 heterocycles. The molecule has 142 valence electrons. The third-order valence-electron chi connectivity index (χ3n) is 5.45. The Morgan fingerprint density at radius 1 is 1.38 bits per heavy atom. The number of aliphatic imine (C=N–C) groups is 1. The topological polar surface area (TPSA) is 195 Å². The number of likely N-dealkylation sites (N-methyl/N-ethyl adjacent to an activating group) is 1. The predicted molar refractivity (Wildman–Crippen MR) is 84.8 cm³/mol. The number of nitrogens with two attached hydrogens (primary N) is 2. The highest BCUT2D eigenvalue weighted by molar-refractivity contribution is 6.02. The normalized spacial score (nSPS) is 38.2. The number of hydrogen-bond donors (Lipinski definition) is 7. The zero-order valence-corrected chi connectivity index (χ0v) is 14.0. The van der Waals surface area contributed by atoms with Crippen molar-refractivity contribution in [3.63, 3.8) is 0 Å². The summed E-state index contributed by atoms with van der Waals surface area (Å²) in [5.41, 5.74) is 10.1. The van der Waals surface area contributed by atoms with E-state index in [1.807, 2.05) is 0 Å². The molecule has 1 spiro atoms. The van der Waals surface area contributed by atoms with Gasteiger partial charge in [0.05, 0.1) is 13.1 Å². The number of amides is 3. The lowest BCUT2D eigenvalue weighted by molar-refractivity contribution is -0.522. The Balaban J connectivity index is 1.74. The average Bonchev–Trinajstić information content (AvgIpc) is 3.09. The van der Waals surface area contributed by atoms with Crippen LogP contribution in [-0.2, 0) is 4.79 Å². The largest absolute Gasteiger partial charge is 0.385 e. The van der Waals surface area contributed by atoms with Crippen LogP contribution in [0, 0.1) is 0 Å². The van der Waals surface area contributed by atoms with Gasteiger partial charge in [0, 0.05) is 7.05 Å². The van der Waals surface area contributed by atoms with Crippen LogP contribution >= 0.6 is 0 Å². The Labute approximate surface area is 147 Å². The van der Waals surface area contributed by atoms with E-state index in [1.165, 1.54) is 16.8 Å². The highest BCUT2D eigenvalue weighted by Crippen LogP contribution is 2.41. The molecule has 0 radical (unpaired) electrons. The minimum absolute atomic E-state index is 0.0349. The number of urea groups is 1. The number of aliphatic hydroxyl groups excluding tert-OH is 1. The van der Waals surface area contributed by atoms with Gasteiger partial charge >= 0.3 is 12.0 Å². The molecule has 4 aliphatic heterocycles. The second-order valence-corrected chi connectivity index (χ2v) is 6.98. The maximum absolute atomic E-state index is 12.2. The van der Waals surface area contributed by atoms with Gasteiger partial charge in [-0.2, -0.15) is 0 Å². The van der Waals surface area contributed by atoms with Gasteiger partial charge in [0.1, 0.15) is 18.7 Å². The number of nitrogens with zero attached hydrogens (tertiary/aromatic N) is 4. The molecule has 0 bridgehead atoms.